The molecule has 1 heterocycles. The molecule has 2 aromatic rings. The van der Waals surface area contributed by atoms with Gasteiger partial charge in [-0.1, -0.05) is 0 Å². The molecular formula is C11H9F3N4. The van der Waals surface area contributed by atoms with Crippen molar-refractivity contribution in [3.05, 3.63) is 47.8 Å². The molecule has 94 valence electrons. The average molecular weight is 254 g/mol. The Morgan fingerprint density at radius 3 is 2.22 bits per heavy atom. The molecule has 0 aliphatic heterocycles. The summed E-state index contributed by atoms with van der Waals surface area (Å²) >= 11 is 0. The van der Waals surface area contributed by atoms with Gasteiger partial charge in [-0.2, -0.15) is 18.3 Å². The highest BCUT2D eigenvalue weighted by atomic mass is 19.4. The van der Waals surface area contributed by atoms with E-state index in [0.717, 1.165) is 10.7 Å². The second kappa shape index (κ2) is 4.17. The molecule has 7 heteroatoms. The van der Waals surface area contributed by atoms with E-state index in [1.165, 1.54) is 6.20 Å². The number of alkyl halides is 3. The van der Waals surface area contributed by atoms with Gasteiger partial charge < -0.3 is 5.73 Å². The molecule has 0 atom stereocenters. The summed E-state index contributed by atoms with van der Waals surface area (Å²) in [6.07, 6.45) is -3.23. The maximum Gasteiger partial charge on any atom is 0.435 e. The van der Waals surface area contributed by atoms with E-state index in [9.17, 15) is 13.2 Å². The number of hydrogen-bond donors (Lipinski definition) is 2. The number of aromatic nitrogens is 2. The molecule has 0 fully saturated rings. The number of rotatable bonds is 2. The monoisotopic (exact) mass is 254 g/mol. The van der Waals surface area contributed by atoms with Crippen LogP contribution in [0, 0.1) is 5.41 Å². The highest BCUT2D eigenvalue weighted by Crippen LogP contribution is 2.27. The minimum Gasteiger partial charge on any atom is -0.384 e. The summed E-state index contributed by atoms with van der Waals surface area (Å²) in [7, 11) is 0. The Hall–Kier alpha value is -2.31. The van der Waals surface area contributed by atoms with Crippen molar-refractivity contribution in [2.75, 3.05) is 0 Å². The molecule has 1 aromatic carbocycles. The third kappa shape index (κ3) is 2.34. The van der Waals surface area contributed by atoms with Gasteiger partial charge in [0.2, 0.25) is 0 Å². The molecule has 0 bridgehead atoms. The van der Waals surface area contributed by atoms with Crippen LogP contribution in [0.1, 0.15) is 11.3 Å². The number of nitrogens with one attached hydrogen (secondary N) is 1. The molecule has 0 spiro atoms. The summed E-state index contributed by atoms with van der Waals surface area (Å²) in [6.45, 7) is 0. The first kappa shape index (κ1) is 12.2. The van der Waals surface area contributed by atoms with Gasteiger partial charge in [0.05, 0.1) is 5.69 Å². The molecular weight excluding hydrogens is 245 g/mol. The first-order valence-electron chi connectivity index (χ1n) is 4.95. The molecule has 0 unspecified atom stereocenters. The molecule has 0 saturated carbocycles. The molecule has 4 nitrogen and oxygen atoms in total. The summed E-state index contributed by atoms with van der Waals surface area (Å²) < 4.78 is 38.2. The van der Waals surface area contributed by atoms with Gasteiger partial charge in [0.25, 0.3) is 0 Å². The number of benzene rings is 1. The molecule has 2 rings (SSSR count). The fourth-order valence-electron chi connectivity index (χ4n) is 1.41. The average Bonchev–Trinajstić information content (AvgIpc) is 2.78. The van der Waals surface area contributed by atoms with E-state index in [0.29, 0.717) is 11.3 Å². The number of hydrogen-bond acceptors (Lipinski definition) is 2. The summed E-state index contributed by atoms with van der Waals surface area (Å²) in [5.74, 6) is -0.0991. The van der Waals surface area contributed by atoms with Crippen molar-refractivity contribution in [1.82, 2.24) is 9.78 Å². The summed E-state index contributed by atoms with van der Waals surface area (Å²) in [5.41, 5.74) is 5.30. The van der Waals surface area contributed by atoms with Crippen LogP contribution in [0.3, 0.4) is 0 Å². The first-order chi connectivity index (χ1) is 8.38. The van der Waals surface area contributed by atoms with Gasteiger partial charge >= 0.3 is 6.18 Å². The summed E-state index contributed by atoms with van der Waals surface area (Å²) in [6, 6.07) is 7.09. The normalized spacial score (nSPS) is 11.5. The van der Waals surface area contributed by atoms with Gasteiger partial charge in [-0.25, -0.2) is 4.68 Å². The number of halogens is 3. The van der Waals surface area contributed by atoms with Crippen LogP contribution >= 0.6 is 0 Å². The predicted octanol–water partition coefficient (Wildman–Crippen LogP) is 2.18. The molecule has 18 heavy (non-hydrogen) atoms. The molecule has 0 radical (unpaired) electrons. The smallest absolute Gasteiger partial charge is 0.384 e. The molecule has 0 aliphatic carbocycles. The van der Waals surface area contributed by atoms with Crippen molar-refractivity contribution in [2.45, 2.75) is 6.18 Å². The minimum absolute atomic E-state index is 0.0991. The van der Waals surface area contributed by atoms with E-state index in [-0.39, 0.29) is 5.84 Å². The first-order valence-corrected chi connectivity index (χ1v) is 4.95. The van der Waals surface area contributed by atoms with Crippen molar-refractivity contribution in [1.29, 1.82) is 5.41 Å². The lowest BCUT2D eigenvalue weighted by Gasteiger charge is -2.04. The van der Waals surface area contributed by atoms with Gasteiger partial charge in [-0.3, -0.25) is 5.41 Å². The molecule has 0 aliphatic rings. The summed E-state index contributed by atoms with van der Waals surface area (Å²) in [4.78, 5) is 0. The van der Waals surface area contributed by atoms with Crippen LogP contribution < -0.4 is 5.73 Å². The van der Waals surface area contributed by atoms with E-state index in [1.807, 2.05) is 0 Å². The molecule has 0 saturated heterocycles. The van der Waals surface area contributed by atoms with Crippen LogP contribution in [0.2, 0.25) is 0 Å². The maximum atomic E-state index is 12.4. The Kier molecular flexibility index (Phi) is 2.82. The third-order valence-electron chi connectivity index (χ3n) is 2.32. The zero-order valence-electron chi connectivity index (χ0n) is 9.07. The maximum absolute atomic E-state index is 12.4. The lowest BCUT2D eigenvalue weighted by molar-refractivity contribution is -0.141. The van der Waals surface area contributed by atoms with Crippen LogP contribution in [0.15, 0.2) is 36.5 Å². The van der Waals surface area contributed by atoms with Gasteiger partial charge in [0.1, 0.15) is 5.84 Å². The zero-order chi connectivity index (χ0) is 13.3. The quantitative estimate of drug-likeness (QED) is 0.637. The van der Waals surface area contributed by atoms with Crippen molar-refractivity contribution in [3.8, 4) is 5.69 Å². The Bertz CT molecular complexity index is 569. The Labute approximate surface area is 100 Å². The van der Waals surface area contributed by atoms with Gasteiger partial charge in [-0.05, 0) is 30.3 Å². The highest BCUT2D eigenvalue weighted by Gasteiger charge is 2.33. The largest absolute Gasteiger partial charge is 0.435 e. The zero-order valence-corrected chi connectivity index (χ0v) is 9.07. The highest BCUT2D eigenvalue weighted by molar-refractivity contribution is 5.95. The minimum atomic E-state index is -4.45. The van der Waals surface area contributed by atoms with E-state index in [1.54, 1.807) is 24.3 Å². The fourth-order valence-corrected chi connectivity index (χ4v) is 1.41. The standard InChI is InChI=1S/C11H9F3N4/c12-11(13,14)9-5-6-18(17-9)8-3-1-7(2-4-8)10(15)16/h1-6H,(H3,15,16). The van der Waals surface area contributed by atoms with E-state index in [2.05, 4.69) is 5.10 Å². The number of nitrogens with zero attached hydrogens (tertiary/aromatic N) is 2. The van der Waals surface area contributed by atoms with Crippen molar-refractivity contribution >= 4 is 5.84 Å². The second-order valence-corrected chi connectivity index (χ2v) is 3.60. The number of nitrogens with two attached hydrogens (primary N) is 1. The van der Waals surface area contributed by atoms with Crippen LogP contribution in [0.5, 0.6) is 0 Å². The molecule has 3 N–H and O–H groups in total. The van der Waals surface area contributed by atoms with Crippen LogP contribution in [0.25, 0.3) is 5.69 Å². The lowest BCUT2D eigenvalue weighted by Crippen LogP contribution is -2.11. The second-order valence-electron chi connectivity index (χ2n) is 3.60. The van der Waals surface area contributed by atoms with Gasteiger partial charge in [-0.15, -0.1) is 0 Å². The van der Waals surface area contributed by atoms with E-state index >= 15 is 0 Å². The van der Waals surface area contributed by atoms with Crippen LogP contribution in [-0.4, -0.2) is 15.6 Å². The third-order valence-corrected chi connectivity index (χ3v) is 2.32. The van der Waals surface area contributed by atoms with Gasteiger partial charge in [0.15, 0.2) is 5.69 Å². The Balaban J connectivity index is 2.32. The Morgan fingerprint density at radius 1 is 1.17 bits per heavy atom. The molecule has 1 aromatic heterocycles. The van der Waals surface area contributed by atoms with E-state index < -0.39 is 11.9 Å². The topological polar surface area (TPSA) is 67.7 Å². The van der Waals surface area contributed by atoms with Crippen molar-refractivity contribution in [3.63, 3.8) is 0 Å². The van der Waals surface area contributed by atoms with Gasteiger partial charge in [0, 0.05) is 11.8 Å². The predicted molar refractivity (Wildman–Crippen MR) is 59.6 cm³/mol. The number of amidine groups is 1. The number of nitrogen functional groups attached to an aromatic ring is 1. The van der Waals surface area contributed by atoms with E-state index in [4.69, 9.17) is 11.1 Å². The van der Waals surface area contributed by atoms with Crippen LogP contribution in [-0.2, 0) is 6.18 Å². The van der Waals surface area contributed by atoms with Crippen LogP contribution in [0.4, 0.5) is 13.2 Å². The molecule has 0 amide bonds. The van der Waals surface area contributed by atoms with Crippen molar-refractivity contribution < 1.29 is 13.2 Å². The lowest BCUT2D eigenvalue weighted by atomic mass is 10.2. The fraction of sp³-hybridized carbons (Fsp3) is 0.0909. The van der Waals surface area contributed by atoms with Crippen molar-refractivity contribution in [2.24, 2.45) is 5.73 Å². The SMILES string of the molecule is N=C(N)c1ccc(-n2ccc(C(F)(F)F)n2)cc1. The Morgan fingerprint density at radius 2 is 1.78 bits per heavy atom. The summed E-state index contributed by atoms with van der Waals surface area (Å²) in [5, 5.41) is 10.6.